The van der Waals surface area contributed by atoms with Gasteiger partial charge in [0.2, 0.25) is 0 Å². The van der Waals surface area contributed by atoms with E-state index >= 15 is 0 Å². The molecular formula is C12H12S. The lowest BCUT2D eigenvalue weighted by atomic mass is 10.1. The number of thiophene rings is 1. The number of hydrogen-bond acceptors (Lipinski definition) is 1. The first-order chi connectivity index (χ1) is 6.40. The molecule has 0 saturated heterocycles. The molecule has 2 aromatic rings. The Morgan fingerprint density at radius 2 is 1.77 bits per heavy atom. The molecule has 1 heterocycles. The molecule has 66 valence electrons. The summed E-state index contributed by atoms with van der Waals surface area (Å²) in [6.45, 7) is 2.18. The van der Waals surface area contributed by atoms with Crippen molar-refractivity contribution < 1.29 is 0 Å². The van der Waals surface area contributed by atoms with Gasteiger partial charge in [-0.15, -0.1) is 0 Å². The molecule has 0 aliphatic carbocycles. The molecule has 0 radical (unpaired) electrons. The van der Waals surface area contributed by atoms with Crippen LogP contribution in [-0.4, -0.2) is 0 Å². The predicted octanol–water partition coefficient (Wildman–Crippen LogP) is 3.98. The van der Waals surface area contributed by atoms with Crippen LogP contribution >= 0.6 is 11.3 Å². The highest BCUT2D eigenvalue weighted by Gasteiger charge is 1.96. The molecule has 0 fully saturated rings. The summed E-state index contributed by atoms with van der Waals surface area (Å²) in [5, 5.41) is 4.30. The van der Waals surface area contributed by atoms with Gasteiger partial charge in [-0.25, -0.2) is 0 Å². The molecule has 0 unspecified atom stereocenters. The van der Waals surface area contributed by atoms with E-state index < -0.39 is 0 Å². The number of hydrogen-bond donors (Lipinski definition) is 0. The van der Waals surface area contributed by atoms with Crippen molar-refractivity contribution in [2.45, 2.75) is 13.3 Å². The Morgan fingerprint density at radius 3 is 2.31 bits per heavy atom. The van der Waals surface area contributed by atoms with Gasteiger partial charge in [0.1, 0.15) is 0 Å². The Hall–Kier alpha value is -1.08. The van der Waals surface area contributed by atoms with Gasteiger partial charge in [-0.05, 0) is 39.9 Å². The largest absolute Gasteiger partial charge is 0.152 e. The van der Waals surface area contributed by atoms with E-state index in [0.717, 1.165) is 6.42 Å². The summed E-state index contributed by atoms with van der Waals surface area (Å²) in [5.41, 5.74) is 4.05. The molecule has 0 nitrogen and oxygen atoms in total. The summed E-state index contributed by atoms with van der Waals surface area (Å²) in [5.74, 6) is 0. The highest BCUT2D eigenvalue weighted by atomic mass is 32.1. The maximum Gasteiger partial charge on any atom is -0.00147 e. The molecule has 0 atom stereocenters. The van der Waals surface area contributed by atoms with Gasteiger partial charge in [0.25, 0.3) is 0 Å². The minimum absolute atomic E-state index is 1.11. The highest BCUT2D eigenvalue weighted by molar-refractivity contribution is 7.08. The van der Waals surface area contributed by atoms with E-state index in [1.54, 1.807) is 11.3 Å². The Kier molecular flexibility index (Phi) is 2.46. The van der Waals surface area contributed by atoms with Crippen molar-refractivity contribution in [1.82, 2.24) is 0 Å². The zero-order valence-electron chi connectivity index (χ0n) is 7.66. The van der Waals surface area contributed by atoms with Crippen molar-refractivity contribution in [3.63, 3.8) is 0 Å². The average molecular weight is 188 g/mol. The van der Waals surface area contributed by atoms with Gasteiger partial charge in [0.15, 0.2) is 0 Å². The van der Waals surface area contributed by atoms with E-state index in [2.05, 4.69) is 48.0 Å². The lowest BCUT2D eigenvalue weighted by Crippen LogP contribution is -1.79. The number of benzene rings is 1. The molecule has 0 saturated carbocycles. The Balaban J connectivity index is 2.33. The summed E-state index contributed by atoms with van der Waals surface area (Å²) >= 11 is 1.74. The number of rotatable bonds is 2. The first-order valence-corrected chi connectivity index (χ1v) is 5.46. The minimum atomic E-state index is 1.11. The molecule has 0 N–H and O–H groups in total. The zero-order chi connectivity index (χ0) is 9.10. The van der Waals surface area contributed by atoms with Crippen molar-refractivity contribution in [2.75, 3.05) is 0 Å². The van der Waals surface area contributed by atoms with Gasteiger partial charge >= 0.3 is 0 Å². The van der Waals surface area contributed by atoms with Crippen molar-refractivity contribution in [1.29, 1.82) is 0 Å². The third-order valence-electron chi connectivity index (χ3n) is 2.22. The third kappa shape index (κ3) is 1.81. The van der Waals surface area contributed by atoms with Crippen molar-refractivity contribution in [3.05, 3.63) is 46.7 Å². The van der Waals surface area contributed by atoms with Crippen LogP contribution in [-0.2, 0) is 6.42 Å². The second-order valence-electron chi connectivity index (χ2n) is 3.06. The standard InChI is InChI=1S/C12H12S/c1-2-10-3-5-11(6-4-10)12-7-8-13-9-12/h3-9H,2H2,1H3. The Morgan fingerprint density at radius 1 is 1.00 bits per heavy atom. The van der Waals surface area contributed by atoms with Crippen LogP contribution < -0.4 is 0 Å². The first-order valence-electron chi connectivity index (χ1n) is 4.51. The molecule has 0 aliphatic rings. The molecule has 2 rings (SSSR count). The average Bonchev–Trinajstić information content (AvgIpc) is 2.71. The fourth-order valence-electron chi connectivity index (χ4n) is 1.36. The van der Waals surface area contributed by atoms with Gasteiger partial charge in [-0.2, -0.15) is 11.3 Å². The van der Waals surface area contributed by atoms with Gasteiger partial charge in [-0.3, -0.25) is 0 Å². The Bertz CT molecular complexity index is 357. The molecular weight excluding hydrogens is 176 g/mol. The van der Waals surface area contributed by atoms with Crippen molar-refractivity contribution >= 4 is 11.3 Å². The van der Waals surface area contributed by atoms with Crippen LogP contribution in [0.1, 0.15) is 12.5 Å². The summed E-state index contributed by atoms with van der Waals surface area (Å²) < 4.78 is 0. The van der Waals surface area contributed by atoms with Crippen LogP contribution in [0.5, 0.6) is 0 Å². The fraction of sp³-hybridized carbons (Fsp3) is 0.167. The van der Waals surface area contributed by atoms with Crippen LogP contribution in [0.3, 0.4) is 0 Å². The Labute approximate surface area is 82.9 Å². The van der Waals surface area contributed by atoms with Gasteiger partial charge in [-0.1, -0.05) is 31.2 Å². The second-order valence-corrected chi connectivity index (χ2v) is 3.84. The van der Waals surface area contributed by atoms with Gasteiger partial charge in [0, 0.05) is 0 Å². The lowest BCUT2D eigenvalue weighted by molar-refractivity contribution is 1.14. The summed E-state index contributed by atoms with van der Waals surface area (Å²) in [4.78, 5) is 0. The van der Waals surface area contributed by atoms with E-state index in [9.17, 15) is 0 Å². The van der Waals surface area contributed by atoms with Crippen molar-refractivity contribution in [3.8, 4) is 11.1 Å². The van der Waals surface area contributed by atoms with E-state index in [1.807, 2.05) is 0 Å². The molecule has 1 aromatic carbocycles. The van der Waals surface area contributed by atoms with E-state index in [4.69, 9.17) is 0 Å². The number of aryl methyl sites for hydroxylation is 1. The molecule has 1 heteroatoms. The molecule has 0 bridgehead atoms. The lowest BCUT2D eigenvalue weighted by Gasteiger charge is -1.99. The maximum absolute atomic E-state index is 2.20. The molecule has 0 spiro atoms. The van der Waals surface area contributed by atoms with E-state index in [1.165, 1.54) is 16.7 Å². The quantitative estimate of drug-likeness (QED) is 0.668. The van der Waals surface area contributed by atoms with E-state index in [0.29, 0.717) is 0 Å². The molecule has 1 aromatic heterocycles. The van der Waals surface area contributed by atoms with Gasteiger partial charge in [0.05, 0.1) is 0 Å². The smallest absolute Gasteiger partial charge is 0.00147 e. The summed E-state index contributed by atoms with van der Waals surface area (Å²) in [6, 6.07) is 11.0. The topological polar surface area (TPSA) is 0 Å². The predicted molar refractivity (Wildman–Crippen MR) is 59.1 cm³/mol. The SMILES string of the molecule is CCc1ccc(-c2ccsc2)cc1. The minimum Gasteiger partial charge on any atom is -0.152 e. The monoisotopic (exact) mass is 188 g/mol. The fourth-order valence-corrected chi connectivity index (χ4v) is 2.03. The molecule has 13 heavy (non-hydrogen) atoms. The second kappa shape index (κ2) is 3.75. The molecule has 0 amide bonds. The van der Waals surface area contributed by atoms with Crippen LogP contribution in [0.2, 0.25) is 0 Å². The van der Waals surface area contributed by atoms with Crippen molar-refractivity contribution in [2.24, 2.45) is 0 Å². The normalized spacial score (nSPS) is 10.2. The van der Waals surface area contributed by atoms with Crippen LogP contribution in [0.15, 0.2) is 41.1 Å². The molecule has 0 aliphatic heterocycles. The van der Waals surface area contributed by atoms with E-state index in [-0.39, 0.29) is 0 Å². The zero-order valence-corrected chi connectivity index (χ0v) is 8.47. The summed E-state index contributed by atoms with van der Waals surface area (Å²) in [7, 11) is 0. The first kappa shape index (κ1) is 8.52. The van der Waals surface area contributed by atoms with Crippen LogP contribution in [0, 0.1) is 0 Å². The highest BCUT2D eigenvalue weighted by Crippen LogP contribution is 2.22. The van der Waals surface area contributed by atoms with Crippen LogP contribution in [0.4, 0.5) is 0 Å². The third-order valence-corrected chi connectivity index (χ3v) is 2.90. The van der Waals surface area contributed by atoms with Crippen LogP contribution in [0.25, 0.3) is 11.1 Å². The van der Waals surface area contributed by atoms with Gasteiger partial charge < -0.3 is 0 Å². The summed E-state index contributed by atoms with van der Waals surface area (Å²) in [6.07, 6.45) is 1.11. The maximum atomic E-state index is 2.20.